The fourth-order valence-corrected chi connectivity index (χ4v) is 2.02. The van der Waals surface area contributed by atoms with E-state index in [-0.39, 0.29) is 6.10 Å². The minimum atomic E-state index is -0.317. The van der Waals surface area contributed by atoms with Crippen LogP contribution >= 0.6 is 0 Å². The lowest BCUT2D eigenvalue weighted by atomic mass is 10.1. The highest BCUT2D eigenvalue weighted by atomic mass is 16.3. The molecule has 2 rings (SSSR count). The second kappa shape index (κ2) is 5.46. The third-order valence-electron chi connectivity index (χ3n) is 3.24. The van der Waals surface area contributed by atoms with Gasteiger partial charge in [0, 0.05) is 13.1 Å². The Hall–Kier alpha value is -0.860. The van der Waals surface area contributed by atoms with Crippen LogP contribution in [0.5, 0.6) is 0 Å². The van der Waals surface area contributed by atoms with Gasteiger partial charge in [-0.05, 0) is 37.8 Å². The molecule has 0 aliphatic heterocycles. The van der Waals surface area contributed by atoms with Gasteiger partial charge < -0.3 is 10.0 Å². The van der Waals surface area contributed by atoms with E-state index in [1.54, 1.807) is 0 Å². The van der Waals surface area contributed by atoms with Gasteiger partial charge in [0.25, 0.3) is 0 Å². The van der Waals surface area contributed by atoms with E-state index in [0.717, 1.165) is 24.4 Å². The van der Waals surface area contributed by atoms with Crippen LogP contribution < -0.4 is 0 Å². The van der Waals surface area contributed by atoms with Gasteiger partial charge >= 0.3 is 0 Å². The van der Waals surface area contributed by atoms with Crippen molar-refractivity contribution in [3.63, 3.8) is 0 Å². The van der Waals surface area contributed by atoms with Crippen LogP contribution in [0.15, 0.2) is 30.3 Å². The summed E-state index contributed by atoms with van der Waals surface area (Å²) >= 11 is 0. The molecule has 2 nitrogen and oxygen atoms in total. The van der Waals surface area contributed by atoms with Crippen molar-refractivity contribution in [3.05, 3.63) is 35.9 Å². The number of rotatable bonds is 6. The van der Waals surface area contributed by atoms with E-state index in [1.165, 1.54) is 19.4 Å². The van der Waals surface area contributed by atoms with Crippen molar-refractivity contribution in [3.8, 4) is 0 Å². The first-order valence-corrected chi connectivity index (χ1v) is 6.17. The zero-order valence-electron chi connectivity index (χ0n) is 9.97. The summed E-state index contributed by atoms with van der Waals surface area (Å²) in [5.74, 6) is 0.930. The molecule has 1 aromatic carbocycles. The van der Waals surface area contributed by atoms with Crippen LogP contribution in [0, 0.1) is 5.92 Å². The summed E-state index contributed by atoms with van der Waals surface area (Å²) in [4.78, 5) is 2.34. The van der Waals surface area contributed by atoms with E-state index in [9.17, 15) is 5.11 Å². The van der Waals surface area contributed by atoms with Crippen molar-refractivity contribution < 1.29 is 5.11 Å². The van der Waals surface area contributed by atoms with Gasteiger partial charge in [0.15, 0.2) is 0 Å². The first kappa shape index (κ1) is 11.6. The van der Waals surface area contributed by atoms with Crippen LogP contribution in [0.25, 0.3) is 0 Å². The number of nitrogens with zero attached hydrogens (tertiary/aromatic N) is 1. The van der Waals surface area contributed by atoms with Gasteiger partial charge in [-0.2, -0.15) is 0 Å². The molecular formula is C14H21NO. The first-order valence-electron chi connectivity index (χ1n) is 6.17. The molecule has 0 radical (unpaired) electrons. The van der Waals surface area contributed by atoms with Crippen molar-refractivity contribution in [2.45, 2.75) is 25.4 Å². The number of benzene rings is 1. The summed E-state index contributed by atoms with van der Waals surface area (Å²) in [7, 11) is 2.15. The Kier molecular flexibility index (Phi) is 3.97. The summed E-state index contributed by atoms with van der Waals surface area (Å²) in [6.45, 7) is 2.17. The molecule has 0 amide bonds. The second-order valence-corrected chi connectivity index (χ2v) is 4.92. The summed E-state index contributed by atoms with van der Waals surface area (Å²) in [6, 6.07) is 9.92. The van der Waals surface area contributed by atoms with E-state index in [0.29, 0.717) is 0 Å². The summed E-state index contributed by atoms with van der Waals surface area (Å²) in [5.41, 5.74) is 1.03. The molecule has 2 heteroatoms. The lowest BCUT2D eigenvalue weighted by Gasteiger charge is -2.18. The molecule has 1 atom stereocenters. The van der Waals surface area contributed by atoms with E-state index in [1.807, 2.05) is 30.3 Å². The van der Waals surface area contributed by atoms with E-state index < -0.39 is 0 Å². The van der Waals surface area contributed by atoms with Crippen molar-refractivity contribution >= 4 is 0 Å². The third kappa shape index (κ3) is 3.62. The monoisotopic (exact) mass is 219 g/mol. The first-order chi connectivity index (χ1) is 7.75. The van der Waals surface area contributed by atoms with Gasteiger partial charge in [0.05, 0.1) is 6.10 Å². The van der Waals surface area contributed by atoms with Crippen molar-refractivity contribution in [2.24, 2.45) is 5.92 Å². The molecule has 0 aromatic heterocycles. The minimum Gasteiger partial charge on any atom is -0.388 e. The summed E-state index contributed by atoms with van der Waals surface area (Å²) < 4.78 is 0. The summed E-state index contributed by atoms with van der Waals surface area (Å²) in [5, 5.41) is 9.99. The quantitative estimate of drug-likeness (QED) is 0.794. The fourth-order valence-electron chi connectivity index (χ4n) is 2.02. The highest BCUT2D eigenvalue weighted by Crippen LogP contribution is 2.29. The highest BCUT2D eigenvalue weighted by Gasteiger charge is 2.22. The number of aliphatic hydroxyl groups excluding tert-OH is 1. The molecule has 1 unspecified atom stereocenters. The molecule has 1 aliphatic rings. The van der Waals surface area contributed by atoms with Gasteiger partial charge in [-0.1, -0.05) is 30.3 Å². The smallest absolute Gasteiger partial charge is 0.0802 e. The Labute approximate surface area is 97.9 Å². The average Bonchev–Trinajstić information content (AvgIpc) is 3.11. The summed E-state index contributed by atoms with van der Waals surface area (Å²) in [6.07, 6.45) is 3.30. The van der Waals surface area contributed by atoms with Crippen molar-refractivity contribution in [1.82, 2.24) is 4.90 Å². The van der Waals surface area contributed by atoms with Crippen LogP contribution in [0.4, 0.5) is 0 Å². The topological polar surface area (TPSA) is 23.5 Å². The third-order valence-corrected chi connectivity index (χ3v) is 3.24. The average molecular weight is 219 g/mol. The molecule has 0 spiro atoms. The molecule has 88 valence electrons. The van der Waals surface area contributed by atoms with Crippen LogP contribution in [-0.2, 0) is 0 Å². The zero-order valence-corrected chi connectivity index (χ0v) is 9.97. The Balaban J connectivity index is 1.72. The molecule has 1 saturated carbocycles. The standard InChI is InChI=1S/C14H21NO/c1-15(11-12-7-8-12)10-9-14(16)13-5-3-2-4-6-13/h2-6,12,14,16H,7-11H2,1H3. The van der Waals surface area contributed by atoms with E-state index in [4.69, 9.17) is 0 Å². The molecule has 16 heavy (non-hydrogen) atoms. The molecule has 1 fully saturated rings. The predicted octanol–water partition coefficient (Wildman–Crippen LogP) is 2.45. The van der Waals surface area contributed by atoms with Gasteiger partial charge in [-0.3, -0.25) is 0 Å². The normalized spacial score (nSPS) is 17.7. The maximum atomic E-state index is 9.99. The van der Waals surface area contributed by atoms with Crippen LogP contribution in [-0.4, -0.2) is 30.1 Å². The van der Waals surface area contributed by atoms with Gasteiger partial charge in [0.1, 0.15) is 0 Å². The highest BCUT2D eigenvalue weighted by molar-refractivity contribution is 5.17. The van der Waals surface area contributed by atoms with Gasteiger partial charge in [-0.15, -0.1) is 0 Å². The molecule has 0 saturated heterocycles. The molecule has 1 N–H and O–H groups in total. The van der Waals surface area contributed by atoms with Gasteiger partial charge in [0.2, 0.25) is 0 Å². The number of aliphatic hydroxyl groups is 1. The maximum Gasteiger partial charge on any atom is 0.0802 e. The number of hydrogen-bond donors (Lipinski definition) is 1. The van der Waals surface area contributed by atoms with Crippen molar-refractivity contribution in [1.29, 1.82) is 0 Å². The zero-order chi connectivity index (χ0) is 11.4. The SMILES string of the molecule is CN(CCC(O)c1ccccc1)CC1CC1. The van der Waals surface area contributed by atoms with Crippen LogP contribution in [0.3, 0.4) is 0 Å². The lowest BCUT2D eigenvalue weighted by molar-refractivity contribution is 0.148. The Morgan fingerprint density at radius 1 is 1.31 bits per heavy atom. The largest absolute Gasteiger partial charge is 0.388 e. The molecular weight excluding hydrogens is 198 g/mol. The Morgan fingerprint density at radius 2 is 2.00 bits per heavy atom. The Morgan fingerprint density at radius 3 is 2.62 bits per heavy atom. The molecule has 1 aliphatic carbocycles. The maximum absolute atomic E-state index is 9.99. The molecule has 0 heterocycles. The minimum absolute atomic E-state index is 0.317. The Bertz CT molecular complexity index is 308. The van der Waals surface area contributed by atoms with Crippen molar-refractivity contribution in [2.75, 3.05) is 20.1 Å². The van der Waals surface area contributed by atoms with Crippen LogP contribution in [0.1, 0.15) is 30.9 Å². The molecule has 0 bridgehead atoms. The number of hydrogen-bond acceptors (Lipinski definition) is 2. The predicted molar refractivity (Wildman–Crippen MR) is 66.2 cm³/mol. The van der Waals surface area contributed by atoms with Gasteiger partial charge in [-0.25, -0.2) is 0 Å². The second-order valence-electron chi connectivity index (χ2n) is 4.92. The molecule has 1 aromatic rings. The lowest BCUT2D eigenvalue weighted by Crippen LogP contribution is -2.23. The fraction of sp³-hybridized carbons (Fsp3) is 0.571. The van der Waals surface area contributed by atoms with E-state index >= 15 is 0 Å². The van der Waals surface area contributed by atoms with E-state index in [2.05, 4.69) is 11.9 Å². The van der Waals surface area contributed by atoms with Crippen LogP contribution in [0.2, 0.25) is 0 Å².